The molecule has 0 bridgehead atoms. The van der Waals surface area contributed by atoms with Crippen LogP contribution in [0, 0.1) is 6.92 Å². The topological polar surface area (TPSA) is 86.9 Å². The summed E-state index contributed by atoms with van der Waals surface area (Å²) in [4.78, 5) is 15.1. The Morgan fingerprint density at radius 3 is 2.87 bits per heavy atom. The lowest BCUT2D eigenvalue weighted by Gasteiger charge is -2.09. The summed E-state index contributed by atoms with van der Waals surface area (Å²) >= 11 is 0. The molecule has 1 unspecified atom stereocenters. The molecule has 0 aliphatic rings. The molecule has 1 aromatic rings. The predicted molar refractivity (Wildman–Crippen MR) is 58.1 cm³/mol. The summed E-state index contributed by atoms with van der Waals surface area (Å²) < 4.78 is 2.03. The van der Waals surface area contributed by atoms with Gasteiger partial charge in [-0.05, 0) is 13.3 Å². The van der Waals surface area contributed by atoms with E-state index in [2.05, 4.69) is 4.98 Å². The summed E-state index contributed by atoms with van der Waals surface area (Å²) in [6.45, 7) is 4.68. The number of primary amides is 1. The summed E-state index contributed by atoms with van der Waals surface area (Å²) in [5.74, 6) is 0.564. The van der Waals surface area contributed by atoms with Crippen molar-refractivity contribution >= 4 is 5.91 Å². The van der Waals surface area contributed by atoms with Crippen LogP contribution < -0.4 is 11.5 Å². The summed E-state index contributed by atoms with van der Waals surface area (Å²) in [5, 5.41) is 0. The Morgan fingerprint density at radius 1 is 1.67 bits per heavy atom. The molecule has 5 nitrogen and oxygen atoms in total. The van der Waals surface area contributed by atoms with Crippen LogP contribution in [0.15, 0.2) is 6.20 Å². The molecule has 5 heteroatoms. The highest BCUT2D eigenvalue weighted by Crippen LogP contribution is 2.05. The van der Waals surface area contributed by atoms with Gasteiger partial charge in [-0.3, -0.25) is 4.79 Å². The smallest absolute Gasteiger partial charge is 0.234 e. The first-order chi connectivity index (χ1) is 7.04. The molecule has 0 saturated carbocycles. The normalized spacial score (nSPS) is 12.7. The molecule has 0 spiro atoms. The molecular weight excluding hydrogens is 192 g/mol. The van der Waals surface area contributed by atoms with Crippen molar-refractivity contribution in [1.29, 1.82) is 0 Å². The average Bonchev–Trinajstić information content (AvgIpc) is 2.55. The molecule has 1 aromatic heterocycles. The molecule has 1 atom stereocenters. The van der Waals surface area contributed by atoms with E-state index in [1.165, 1.54) is 0 Å². The van der Waals surface area contributed by atoms with E-state index in [-0.39, 0.29) is 0 Å². The van der Waals surface area contributed by atoms with Crippen LogP contribution in [0.4, 0.5) is 0 Å². The van der Waals surface area contributed by atoms with Gasteiger partial charge < -0.3 is 16.0 Å². The van der Waals surface area contributed by atoms with Crippen molar-refractivity contribution in [3.8, 4) is 0 Å². The number of hydrogen-bond donors (Lipinski definition) is 2. The number of aryl methyl sites for hydroxylation is 3. The highest BCUT2D eigenvalue weighted by molar-refractivity contribution is 5.79. The highest BCUT2D eigenvalue weighted by atomic mass is 16.1. The van der Waals surface area contributed by atoms with E-state index in [1.54, 1.807) is 0 Å². The average molecular weight is 210 g/mol. The number of amides is 1. The SMILES string of the molecule is CCc1nc(C)cn1CCC(N)C(N)=O. The van der Waals surface area contributed by atoms with Crippen molar-refractivity contribution < 1.29 is 4.79 Å². The third-order valence-corrected chi connectivity index (χ3v) is 2.34. The maximum atomic E-state index is 10.8. The number of nitrogens with two attached hydrogens (primary N) is 2. The van der Waals surface area contributed by atoms with Crippen LogP contribution in [0.3, 0.4) is 0 Å². The molecule has 1 rings (SSSR count). The molecule has 0 aliphatic heterocycles. The Kier molecular flexibility index (Phi) is 3.85. The van der Waals surface area contributed by atoms with Crippen molar-refractivity contribution in [3.63, 3.8) is 0 Å². The number of nitrogens with zero attached hydrogens (tertiary/aromatic N) is 2. The molecule has 1 heterocycles. The van der Waals surface area contributed by atoms with E-state index in [1.807, 2.05) is 24.6 Å². The lowest BCUT2D eigenvalue weighted by Crippen LogP contribution is -2.37. The Morgan fingerprint density at radius 2 is 2.33 bits per heavy atom. The Balaban J connectivity index is 2.60. The summed E-state index contributed by atoms with van der Waals surface area (Å²) in [7, 11) is 0. The minimum atomic E-state index is -0.572. The number of imidazole rings is 1. The molecule has 4 N–H and O–H groups in total. The quantitative estimate of drug-likeness (QED) is 0.714. The lowest BCUT2D eigenvalue weighted by atomic mass is 10.2. The minimum Gasteiger partial charge on any atom is -0.368 e. The molecule has 0 radical (unpaired) electrons. The number of rotatable bonds is 5. The molecular formula is C10H18N4O. The van der Waals surface area contributed by atoms with Crippen molar-refractivity contribution in [2.75, 3.05) is 0 Å². The second kappa shape index (κ2) is 4.93. The number of carbonyl (C=O) groups excluding carboxylic acids is 1. The first-order valence-electron chi connectivity index (χ1n) is 5.12. The predicted octanol–water partition coefficient (Wildman–Crippen LogP) is -0.0434. The first-order valence-corrected chi connectivity index (χ1v) is 5.12. The Labute approximate surface area is 89.5 Å². The van der Waals surface area contributed by atoms with E-state index in [4.69, 9.17) is 11.5 Å². The van der Waals surface area contributed by atoms with Gasteiger partial charge in [0.05, 0.1) is 11.7 Å². The summed E-state index contributed by atoms with van der Waals surface area (Å²) in [6.07, 6.45) is 3.39. The first kappa shape index (κ1) is 11.7. The van der Waals surface area contributed by atoms with E-state index in [0.717, 1.165) is 17.9 Å². The zero-order valence-corrected chi connectivity index (χ0v) is 9.23. The highest BCUT2D eigenvalue weighted by Gasteiger charge is 2.10. The molecule has 1 amide bonds. The maximum Gasteiger partial charge on any atom is 0.234 e. The van der Waals surface area contributed by atoms with Crippen LogP contribution in [0.2, 0.25) is 0 Å². The van der Waals surface area contributed by atoms with E-state index in [0.29, 0.717) is 13.0 Å². The fraction of sp³-hybridized carbons (Fsp3) is 0.600. The molecule has 0 saturated heterocycles. The molecule has 0 fully saturated rings. The minimum absolute atomic E-state index is 0.454. The lowest BCUT2D eigenvalue weighted by molar-refractivity contribution is -0.119. The van der Waals surface area contributed by atoms with Crippen molar-refractivity contribution in [1.82, 2.24) is 9.55 Å². The van der Waals surface area contributed by atoms with Gasteiger partial charge in [-0.15, -0.1) is 0 Å². The Bertz CT molecular complexity index is 345. The van der Waals surface area contributed by atoms with Gasteiger partial charge in [-0.2, -0.15) is 0 Å². The number of hydrogen-bond acceptors (Lipinski definition) is 3. The molecule has 0 aliphatic carbocycles. The van der Waals surface area contributed by atoms with Crippen LogP contribution in [0.1, 0.15) is 24.9 Å². The van der Waals surface area contributed by atoms with Gasteiger partial charge in [-0.25, -0.2) is 4.98 Å². The molecule has 84 valence electrons. The van der Waals surface area contributed by atoms with Gasteiger partial charge in [0.25, 0.3) is 0 Å². The number of carbonyl (C=O) groups is 1. The van der Waals surface area contributed by atoms with Gasteiger partial charge in [0.1, 0.15) is 5.82 Å². The second-order valence-corrected chi connectivity index (χ2v) is 3.64. The maximum absolute atomic E-state index is 10.8. The van der Waals surface area contributed by atoms with Gasteiger partial charge in [0.2, 0.25) is 5.91 Å². The number of aromatic nitrogens is 2. The third kappa shape index (κ3) is 3.06. The zero-order chi connectivity index (χ0) is 11.4. The van der Waals surface area contributed by atoms with Crippen molar-refractivity contribution in [2.24, 2.45) is 11.5 Å². The molecule has 15 heavy (non-hydrogen) atoms. The monoisotopic (exact) mass is 210 g/mol. The van der Waals surface area contributed by atoms with Crippen LogP contribution >= 0.6 is 0 Å². The van der Waals surface area contributed by atoms with Crippen molar-refractivity contribution in [2.45, 2.75) is 39.3 Å². The van der Waals surface area contributed by atoms with E-state index >= 15 is 0 Å². The summed E-state index contributed by atoms with van der Waals surface area (Å²) in [5.41, 5.74) is 11.6. The van der Waals surface area contributed by atoms with Gasteiger partial charge in [-0.1, -0.05) is 6.92 Å². The second-order valence-electron chi connectivity index (χ2n) is 3.64. The standard InChI is InChI=1S/C10H18N4O/c1-3-9-13-7(2)6-14(9)5-4-8(11)10(12)15/h6,8H,3-5,11H2,1-2H3,(H2,12,15). The fourth-order valence-corrected chi connectivity index (χ4v) is 1.49. The largest absolute Gasteiger partial charge is 0.368 e. The van der Waals surface area contributed by atoms with Crippen LogP contribution in [0.5, 0.6) is 0 Å². The van der Waals surface area contributed by atoms with Gasteiger partial charge in [0, 0.05) is 19.2 Å². The Hall–Kier alpha value is -1.36. The van der Waals surface area contributed by atoms with Crippen LogP contribution in [-0.4, -0.2) is 21.5 Å². The zero-order valence-electron chi connectivity index (χ0n) is 9.23. The molecule has 0 aromatic carbocycles. The fourth-order valence-electron chi connectivity index (χ4n) is 1.49. The van der Waals surface area contributed by atoms with Crippen molar-refractivity contribution in [3.05, 3.63) is 17.7 Å². The van der Waals surface area contributed by atoms with Gasteiger partial charge in [0.15, 0.2) is 0 Å². The van der Waals surface area contributed by atoms with Crippen LogP contribution in [0.25, 0.3) is 0 Å². The van der Waals surface area contributed by atoms with Crippen LogP contribution in [-0.2, 0) is 17.8 Å². The van der Waals surface area contributed by atoms with Gasteiger partial charge >= 0.3 is 0 Å². The van der Waals surface area contributed by atoms with E-state index < -0.39 is 11.9 Å². The third-order valence-electron chi connectivity index (χ3n) is 2.34. The van der Waals surface area contributed by atoms with E-state index in [9.17, 15) is 4.79 Å². The summed E-state index contributed by atoms with van der Waals surface area (Å²) in [6, 6.07) is -0.572.